The summed E-state index contributed by atoms with van der Waals surface area (Å²) < 4.78 is 38.6. The molecule has 5 rings (SSSR count). The lowest BCUT2D eigenvalue weighted by molar-refractivity contribution is -0.140. The lowest BCUT2D eigenvalue weighted by Crippen LogP contribution is -2.55. The van der Waals surface area contributed by atoms with Gasteiger partial charge in [-0.1, -0.05) is 35.8 Å². The third-order valence-electron chi connectivity index (χ3n) is 8.86. The number of hydrogen-bond donors (Lipinski definition) is 3. The first-order valence-electron chi connectivity index (χ1n) is 16.0. The Bertz CT molecular complexity index is 1480. The molecule has 2 aromatic rings. The van der Waals surface area contributed by atoms with Gasteiger partial charge in [-0.15, -0.1) is 0 Å². The summed E-state index contributed by atoms with van der Waals surface area (Å²) in [4.78, 5) is 46.8. The first-order chi connectivity index (χ1) is 22.0. The second-order valence-corrected chi connectivity index (χ2v) is 14.8. The van der Waals surface area contributed by atoms with E-state index in [2.05, 4.69) is 25.5 Å². The molecular formula is C31H43ClN6O7S. The average Bonchev–Trinajstić information content (AvgIpc) is 3.60. The number of nitrogens with one attached hydrogen (secondary N) is 3. The Hall–Kier alpha value is -2.91. The number of ether oxygens (including phenoxy) is 1. The van der Waals surface area contributed by atoms with E-state index in [1.54, 1.807) is 19.1 Å². The molecular weight excluding hydrogens is 636 g/mol. The summed E-state index contributed by atoms with van der Waals surface area (Å²) in [6.07, 6.45) is 5.70. The Morgan fingerprint density at radius 3 is 2.50 bits per heavy atom. The van der Waals surface area contributed by atoms with Crippen LogP contribution in [0.1, 0.15) is 86.3 Å². The molecule has 252 valence electrons. The predicted molar refractivity (Wildman–Crippen MR) is 170 cm³/mol. The molecule has 46 heavy (non-hydrogen) atoms. The molecule has 1 aliphatic carbocycles. The summed E-state index contributed by atoms with van der Waals surface area (Å²) in [5.74, 6) is -0.634. The maximum Gasteiger partial charge on any atom is 0.296 e. The number of ketones is 1. The van der Waals surface area contributed by atoms with Crippen molar-refractivity contribution in [1.82, 2.24) is 30.4 Å². The number of sulfonamides is 1. The lowest BCUT2D eigenvalue weighted by atomic mass is 9.91. The van der Waals surface area contributed by atoms with Crippen molar-refractivity contribution in [3.8, 4) is 0 Å². The molecule has 3 heterocycles. The van der Waals surface area contributed by atoms with E-state index < -0.39 is 51.9 Å². The van der Waals surface area contributed by atoms with Crippen LogP contribution in [0.3, 0.4) is 0 Å². The van der Waals surface area contributed by atoms with E-state index in [4.69, 9.17) is 20.9 Å². The van der Waals surface area contributed by atoms with E-state index in [1.165, 1.54) is 4.90 Å². The Labute approximate surface area is 274 Å². The number of hydrogen-bond acceptors (Lipinski definition) is 10. The van der Waals surface area contributed by atoms with Gasteiger partial charge in [-0.3, -0.25) is 14.4 Å². The number of rotatable bonds is 15. The molecule has 2 aliphatic heterocycles. The quantitative estimate of drug-likeness (QED) is 0.238. The van der Waals surface area contributed by atoms with Crippen molar-refractivity contribution in [2.24, 2.45) is 5.92 Å². The Kier molecular flexibility index (Phi) is 11.5. The largest absolute Gasteiger partial charge is 0.372 e. The van der Waals surface area contributed by atoms with Gasteiger partial charge in [0.05, 0.1) is 25.0 Å². The van der Waals surface area contributed by atoms with Crippen LogP contribution < -0.4 is 15.4 Å². The fourth-order valence-corrected chi connectivity index (χ4v) is 6.94. The van der Waals surface area contributed by atoms with Gasteiger partial charge in [0.15, 0.2) is 5.82 Å². The van der Waals surface area contributed by atoms with Gasteiger partial charge in [-0.25, -0.2) is 13.1 Å². The molecule has 4 atom stereocenters. The van der Waals surface area contributed by atoms with Gasteiger partial charge in [-0.2, -0.15) is 4.98 Å². The van der Waals surface area contributed by atoms with E-state index in [1.807, 2.05) is 12.1 Å². The zero-order chi connectivity index (χ0) is 32.8. The number of benzene rings is 1. The molecule has 1 aromatic carbocycles. The first kappa shape index (κ1) is 34.4. The minimum absolute atomic E-state index is 0.0823. The van der Waals surface area contributed by atoms with Crippen LogP contribution in [0.4, 0.5) is 0 Å². The highest BCUT2D eigenvalue weighted by molar-refractivity contribution is 7.88. The molecule has 2 amide bonds. The average molecular weight is 679 g/mol. The van der Waals surface area contributed by atoms with Crippen molar-refractivity contribution in [2.75, 3.05) is 25.9 Å². The van der Waals surface area contributed by atoms with Crippen LogP contribution in [0.15, 0.2) is 28.8 Å². The van der Waals surface area contributed by atoms with E-state index in [-0.39, 0.29) is 37.8 Å². The number of likely N-dealkylation sites (tertiary alicyclic amines) is 1. The lowest BCUT2D eigenvalue weighted by Gasteiger charge is -2.30. The van der Waals surface area contributed by atoms with Crippen LogP contribution >= 0.6 is 11.6 Å². The molecule has 0 radical (unpaired) electrons. The van der Waals surface area contributed by atoms with Gasteiger partial charge in [0.2, 0.25) is 27.6 Å². The second kappa shape index (κ2) is 15.3. The highest BCUT2D eigenvalue weighted by atomic mass is 35.5. The topological polar surface area (TPSA) is 173 Å². The number of carbonyl (C=O) groups is 3. The predicted octanol–water partition coefficient (Wildman–Crippen LogP) is 2.56. The first-order valence-corrected chi connectivity index (χ1v) is 18.3. The summed E-state index contributed by atoms with van der Waals surface area (Å²) in [6.45, 7) is 3.83. The summed E-state index contributed by atoms with van der Waals surface area (Å²) >= 11 is 6.01. The number of carbonyl (C=O) groups excluding carboxylic acids is 3. The van der Waals surface area contributed by atoms with Crippen molar-refractivity contribution >= 4 is 39.2 Å². The Morgan fingerprint density at radius 1 is 1.13 bits per heavy atom. The van der Waals surface area contributed by atoms with Crippen LogP contribution in [0.25, 0.3) is 0 Å². The van der Waals surface area contributed by atoms with Gasteiger partial charge in [-0.05, 0) is 81.6 Å². The Balaban J connectivity index is 1.32. The van der Waals surface area contributed by atoms with E-state index in [0.717, 1.165) is 50.6 Å². The zero-order valence-corrected chi connectivity index (χ0v) is 27.8. The SMILES string of the molecule is CC[C@H](NC(=O)[C@@H]1C[C@@H](OCc2ccc(Cl)cc2)CN1C(=O)[C@@H](CCC1CCNCC1)NS(C)(=O)=O)C(=O)c1nc(C2CC2)no1. The van der Waals surface area contributed by atoms with Crippen LogP contribution in [-0.2, 0) is 31.0 Å². The smallest absolute Gasteiger partial charge is 0.296 e. The summed E-state index contributed by atoms with van der Waals surface area (Å²) in [5, 5.41) is 10.6. The van der Waals surface area contributed by atoms with Crippen LogP contribution in [0.5, 0.6) is 0 Å². The Morgan fingerprint density at radius 2 is 1.85 bits per heavy atom. The number of amides is 2. The second-order valence-electron chi connectivity index (χ2n) is 12.6. The molecule has 3 fully saturated rings. The molecule has 0 bridgehead atoms. The molecule has 0 unspecified atom stereocenters. The number of halogens is 1. The van der Waals surface area contributed by atoms with Gasteiger partial charge >= 0.3 is 0 Å². The van der Waals surface area contributed by atoms with Crippen molar-refractivity contribution in [2.45, 2.75) is 95.0 Å². The van der Waals surface area contributed by atoms with Crippen LogP contribution in [-0.4, -0.2) is 91.2 Å². The molecule has 1 aromatic heterocycles. The monoisotopic (exact) mass is 678 g/mol. The fourth-order valence-electron chi connectivity index (χ4n) is 6.08. The van der Waals surface area contributed by atoms with E-state index in [9.17, 15) is 22.8 Å². The van der Waals surface area contributed by atoms with Gasteiger partial charge < -0.3 is 24.8 Å². The maximum absolute atomic E-state index is 14.1. The van der Waals surface area contributed by atoms with Gasteiger partial charge in [0.25, 0.3) is 5.89 Å². The zero-order valence-electron chi connectivity index (χ0n) is 26.2. The van der Waals surface area contributed by atoms with E-state index in [0.29, 0.717) is 29.6 Å². The minimum Gasteiger partial charge on any atom is -0.372 e. The van der Waals surface area contributed by atoms with Crippen LogP contribution in [0.2, 0.25) is 5.02 Å². The number of aromatic nitrogens is 2. The highest BCUT2D eigenvalue weighted by Gasteiger charge is 2.44. The number of nitrogens with zero attached hydrogens (tertiary/aromatic N) is 3. The fraction of sp³-hybridized carbons (Fsp3) is 0.645. The van der Waals surface area contributed by atoms with E-state index >= 15 is 0 Å². The molecule has 3 aliphatic rings. The van der Waals surface area contributed by atoms with Crippen molar-refractivity contribution in [3.63, 3.8) is 0 Å². The van der Waals surface area contributed by atoms with Crippen molar-refractivity contribution < 1.29 is 32.1 Å². The highest BCUT2D eigenvalue weighted by Crippen LogP contribution is 2.38. The third kappa shape index (κ3) is 9.34. The summed E-state index contributed by atoms with van der Waals surface area (Å²) in [6, 6.07) is 4.20. The van der Waals surface area contributed by atoms with Gasteiger partial charge in [0.1, 0.15) is 12.1 Å². The molecule has 3 N–H and O–H groups in total. The normalized spacial score (nSPS) is 22.0. The van der Waals surface area contributed by atoms with Gasteiger partial charge in [0, 0.05) is 23.9 Å². The standard InChI is InChI=1S/C31H43ClN6O7S/c1-3-24(27(39)30-35-28(36-45-30)21-7-8-21)34-29(40)26-16-23(44-18-20-4-9-22(32)10-5-20)17-38(26)31(41)25(37-46(2,42)43)11-6-19-12-14-33-15-13-19/h4-5,9-10,19,21,23-26,33,37H,3,6-8,11-18H2,1-2H3,(H,34,40)/t23-,24+,25-,26+/m1/s1. The maximum atomic E-state index is 14.1. The van der Waals surface area contributed by atoms with Crippen molar-refractivity contribution in [1.29, 1.82) is 0 Å². The molecule has 2 saturated heterocycles. The molecule has 15 heteroatoms. The minimum atomic E-state index is -3.74. The number of piperidine rings is 1. The molecule has 13 nitrogen and oxygen atoms in total. The van der Waals surface area contributed by atoms with Crippen LogP contribution in [0, 0.1) is 5.92 Å². The third-order valence-corrected chi connectivity index (χ3v) is 9.83. The number of Topliss-reactive ketones (excluding diaryl/α,β-unsaturated/α-hetero) is 1. The molecule has 1 saturated carbocycles. The summed E-state index contributed by atoms with van der Waals surface area (Å²) in [7, 11) is -3.74. The summed E-state index contributed by atoms with van der Waals surface area (Å²) in [5.41, 5.74) is 0.871. The molecule has 0 spiro atoms. The van der Waals surface area contributed by atoms with Crippen molar-refractivity contribution in [3.05, 3.63) is 46.6 Å².